The number of nitrogens with two attached hydrogens (primary N) is 1. The van der Waals surface area contributed by atoms with Crippen molar-refractivity contribution in [2.45, 2.75) is 13.0 Å². The highest BCUT2D eigenvalue weighted by atomic mass is 79.9. The molecule has 3 N–H and O–H groups in total. The summed E-state index contributed by atoms with van der Waals surface area (Å²) in [4.78, 5) is 22.9. The first-order valence-electron chi connectivity index (χ1n) is 5.13. The van der Waals surface area contributed by atoms with E-state index >= 15 is 0 Å². The molecule has 1 unspecified atom stereocenters. The quantitative estimate of drug-likeness (QED) is 0.651. The second-order valence-corrected chi connectivity index (χ2v) is 4.63. The second kappa shape index (κ2) is 6.72. The van der Waals surface area contributed by atoms with Gasteiger partial charge in [0.15, 0.2) is 6.04 Å². The number of amides is 1. The summed E-state index contributed by atoms with van der Waals surface area (Å²) < 4.78 is 5.25. The van der Waals surface area contributed by atoms with Gasteiger partial charge in [0.05, 0.1) is 12.3 Å². The molecular weight excluding hydrogens is 323 g/mol. The number of halogens is 2. The largest absolute Gasteiger partial charge is 0.464 e. The number of carbonyl (C=O) groups excluding carboxylic acids is 2. The Morgan fingerprint density at radius 3 is 2.78 bits per heavy atom. The van der Waals surface area contributed by atoms with Gasteiger partial charge in [0.25, 0.3) is 5.91 Å². The summed E-state index contributed by atoms with van der Waals surface area (Å²) in [6.07, 6.45) is 0. The van der Waals surface area contributed by atoms with Gasteiger partial charge in [-0.1, -0.05) is 11.6 Å². The fourth-order valence-corrected chi connectivity index (χ4v) is 1.92. The Bertz CT molecular complexity index is 468. The van der Waals surface area contributed by atoms with Crippen LogP contribution in [0.2, 0.25) is 5.02 Å². The lowest BCUT2D eigenvalue weighted by molar-refractivity contribution is -0.146. The predicted molar refractivity (Wildman–Crippen MR) is 72.4 cm³/mol. The van der Waals surface area contributed by atoms with Crippen molar-refractivity contribution in [3.8, 4) is 0 Å². The second-order valence-electron chi connectivity index (χ2n) is 3.34. The van der Waals surface area contributed by atoms with E-state index in [0.717, 1.165) is 0 Å². The number of esters is 1. The highest BCUT2D eigenvalue weighted by Crippen LogP contribution is 2.25. The highest BCUT2D eigenvalue weighted by Gasteiger charge is 2.23. The van der Waals surface area contributed by atoms with Gasteiger partial charge in [-0.15, -0.1) is 0 Å². The number of hydrogen-bond acceptors (Lipinski definition) is 4. The standard InChI is InChI=1S/C11H12BrClN2O3/c1-2-18-11(17)9(14)10(16)15-8-4-3-6(13)5-7(8)12/h3-5,9H,2,14H2,1H3,(H,15,16). The van der Waals surface area contributed by atoms with Crippen molar-refractivity contribution in [2.24, 2.45) is 5.73 Å². The van der Waals surface area contributed by atoms with Gasteiger partial charge in [-0.25, -0.2) is 4.79 Å². The normalized spacial score (nSPS) is 11.8. The summed E-state index contributed by atoms with van der Waals surface area (Å²) in [6, 6.07) is 3.47. The van der Waals surface area contributed by atoms with Crippen LogP contribution in [0.3, 0.4) is 0 Å². The monoisotopic (exact) mass is 334 g/mol. The first kappa shape index (κ1) is 14.9. The smallest absolute Gasteiger partial charge is 0.332 e. The van der Waals surface area contributed by atoms with Crippen LogP contribution in [0.15, 0.2) is 22.7 Å². The minimum Gasteiger partial charge on any atom is -0.464 e. The number of carbonyl (C=O) groups is 2. The van der Waals surface area contributed by atoms with Gasteiger partial charge in [0.2, 0.25) is 0 Å². The molecule has 1 atom stereocenters. The molecule has 0 fully saturated rings. The van der Waals surface area contributed by atoms with E-state index in [2.05, 4.69) is 26.0 Å². The predicted octanol–water partition coefficient (Wildman–Crippen LogP) is 1.93. The van der Waals surface area contributed by atoms with E-state index in [9.17, 15) is 9.59 Å². The number of rotatable bonds is 4. The Morgan fingerprint density at radius 2 is 2.22 bits per heavy atom. The van der Waals surface area contributed by atoms with Crippen LogP contribution in [0, 0.1) is 0 Å². The van der Waals surface area contributed by atoms with E-state index < -0.39 is 17.9 Å². The molecule has 0 saturated carbocycles. The Hall–Kier alpha value is -1.11. The van der Waals surface area contributed by atoms with Crippen molar-refractivity contribution >= 4 is 45.1 Å². The number of hydrogen-bond donors (Lipinski definition) is 2. The van der Waals surface area contributed by atoms with Gasteiger partial charge in [0.1, 0.15) is 0 Å². The Labute approximate surface area is 118 Å². The number of nitrogens with one attached hydrogen (secondary N) is 1. The molecule has 0 radical (unpaired) electrons. The fraction of sp³-hybridized carbons (Fsp3) is 0.273. The van der Waals surface area contributed by atoms with Crippen LogP contribution >= 0.6 is 27.5 Å². The molecule has 0 aliphatic rings. The van der Waals surface area contributed by atoms with Gasteiger partial charge in [-0.05, 0) is 41.1 Å². The lowest BCUT2D eigenvalue weighted by atomic mass is 10.2. The molecule has 1 aromatic rings. The number of anilines is 1. The minimum atomic E-state index is -1.35. The van der Waals surface area contributed by atoms with Crippen LogP contribution in [0.5, 0.6) is 0 Å². The van der Waals surface area contributed by atoms with Crippen LogP contribution in [-0.2, 0) is 14.3 Å². The average Bonchev–Trinajstić information content (AvgIpc) is 2.32. The molecule has 0 spiro atoms. The molecule has 7 heteroatoms. The zero-order valence-electron chi connectivity index (χ0n) is 9.57. The van der Waals surface area contributed by atoms with Crippen molar-refractivity contribution in [3.63, 3.8) is 0 Å². The van der Waals surface area contributed by atoms with E-state index in [1.54, 1.807) is 25.1 Å². The van der Waals surface area contributed by atoms with E-state index in [1.807, 2.05) is 0 Å². The number of ether oxygens (including phenoxy) is 1. The first-order chi connectivity index (χ1) is 8.45. The highest BCUT2D eigenvalue weighted by molar-refractivity contribution is 9.10. The fourth-order valence-electron chi connectivity index (χ4n) is 1.14. The van der Waals surface area contributed by atoms with Crippen LogP contribution in [0.1, 0.15) is 6.92 Å². The third-order valence-corrected chi connectivity index (χ3v) is 2.90. The van der Waals surface area contributed by atoms with Crippen LogP contribution in [-0.4, -0.2) is 24.5 Å². The number of benzene rings is 1. The molecule has 18 heavy (non-hydrogen) atoms. The van der Waals surface area contributed by atoms with Crippen LogP contribution in [0.4, 0.5) is 5.69 Å². The molecule has 5 nitrogen and oxygen atoms in total. The maximum absolute atomic E-state index is 11.7. The maximum atomic E-state index is 11.7. The lowest BCUT2D eigenvalue weighted by Crippen LogP contribution is -2.43. The lowest BCUT2D eigenvalue weighted by Gasteiger charge is -2.12. The van der Waals surface area contributed by atoms with E-state index in [-0.39, 0.29) is 6.61 Å². The van der Waals surface area contributed by atoms with Crippen molar-refractivity contribution in [3.05, 3.63) is 27.7 Å². The van der Waals surface area contributed by atoms with E-state index in [0.29, 0.717) is 15.2 Å². The molecule has 1 aromatic carbocycles. The van der Waals surface area contributed by atoms with Gasteiger partial charge in [0, 0.05) is 9.50 Å². The molecule has 98 valence electrons. The molecule has 0 heterocycles. The summed E-state index contributed by atoms with van der Waals surface area (Å²) in [5.41, 5.74) is 5.92. The van der Waals surface area contributed by atoms with E-state index in [1.165, 1.54) is 0 Å². The molecule has 1 amide bonds. The van der Waals surface area contributed by atoms with Crippen LogP contribution < -0.4 is 11.1 Å². The van der Waals surface area contributed by atoms with Crippen molar-refractivity contribution < 1.29 is 14.3 Å². The summed E-state index contributed by atoms with van der Waals surface area (Å²) >= 11 is 9.00. The average molecular weight is 336 g/mol. The van der Waals surface area contributed by atoms with Crippen LogP contribution in [0.25, 0.3) is 0 Å². The topological polar surface area (TPSA) is 81.4 Å². The van der Waals surface area contributed by atoms with E-state index in [4.69, 9.17) is 17.3 Å². The van der Waals surface area contributed by atoms with Gasteiger partial charge in [-0.3, -0.25) is 4.79 Å². The van der Waals surface area contributed by atoms with Gasteiger partial charge in [-0.2, -0.15) is 0 Å². The Morgan fingerprint density at radius 1 is 1.56 bits per heavy atom. The van der Waals surface area contributed by atoms with Gasteiger partial charge >= 0.3 is 5.97 Å². The molecule has 0 aliphatic carbocycles. The summed E-state index contributed by atoms with van der Waals surface area (Å²) in [5, 5.41) is 3.03. The SMILES string of the molecule is CCOC(=O)C(N)C(=O)Nc1ccc(Cl)cc1Br. The summed E-state index contributed by atoms with van der Waals surface area (Å²) in [5.74, 6) is -1.41. The maximum Gasteiger partial charge on any atom is 0.332 e. The third kappa shape index (κ3) is 3.97. The zero-order chi connectivity index (χ0) is 13.7. The molecule has 0 aliphatic heterocycles. The van der Waals surface area contributed by atoms with Gasteiger partial charge < -0.3 is 15.8 Å². The van der Waals surface area contributed by atoms with Crippen molar-refractivity contribution in [1.82, 2.24) is 0 Å². The third-order valence-electron chi connectivity index (χ3n) is 2.01. The summed E-state index contributed by atoms with van der Waals surface area (Å²) in [6.45, 7) is 1.81. The molecule has 0 bridgehead atoms. The molecule has 1 rings (SSSR count). The minimum absolute atomic E-state index is 0.171. The Kier molecular flexibility index (Phi) is 5.58. The van der Waals surface area contributed by atoms with Crippen molar-refractivity contribution in [1.29, 1.82) is 0 Å². The van der Waals surface area contributed by atoms with Crippen molar-refractivity contribution in [2.75, 3.05) is 11.9 Å². The molecular formula is C11H12BrClN2O3. The zero-order valence-corrected chi connectivity index (χ0v) is 11.9. The summed E-state index contributed by atoms with van der Waals surface area (Å²) in [7, 11) is 0. The first-order valence-corrected chi connectivity index (χ1v) is 6.31. The molecule has 0 aromatic heterocycles. The molecule has 0 saturated heterocycles. The Balaban J connectivity index is 2.72.